The Labute approximate surface area is 128 Å². The van der Waals surface area contributed by atoms with Gasteiger partial charge >= 0.3 is 5.97 Å². The second-order valence-corrected chi connectivity index (χ2v) is 5.31. The third-order valence-corrected chi connectivity index (χ3v) is 3.52. The van der Waals surface area contributed by atoms with Gasteiger partial charge in [0.25, 0.3) is 0 Å². The summed E-state index contributed by atoms with van der Waals surface area (Å²) in [7, 11) is 6.54. The van der Waals surface area contributed by atoms with Crippen LogP contribution < -0.4 is 9.47 Å². The van der Waals surface area contributed by atoms with Gasteiger partial charge in [0, 0.05) is 23.2 Å². The number of benzene rings is 1. The molecule has 0 aliphatic carbocycles. The van der Waals surface area contributed by atoms with Gasteiger partial charge in [0.05, 0.1) is 25.3 Å². The summed E-state index contributed by atoms with van der Waals surface area (Å²) in [5, 5.41) is 20.5. The lowest BCUT2D eigenvalue weighted by atomic mass is 10.0. The number of aryl methyl sites for hydroxylation is 1. The summed E-state index contributed by atoms with van der Waals surface area (Å²) in [5.74, 6) is -0.699. The zero-order valence-electron chi connectivity index (χ0n) is 13.3. The Hall–Kier alpha value is -2.41. The molecule has 0 bridgehead atoms. The molecule has 0 radical (unpaired) electrons. The van der Waals surface area contributed by atoms with Crippen molar-refractivity contribution in [3.05, 3.63) is 16.8 Å². The van der Waals surface area contributed by atoms with Crippen molar-refractivity contribution in [3.63, 3.8) is 0 Å². The maximum absolute atomic E-state index is 11.6. The van der Waals surface area contributed by atoms with Crippen molar-refractivity contribution < 1.29 is 24.5 Å². The van der Waals surface area contributed by atoms with Gasteiger partial charge in [0.1, 0.15) is 0 Å². The average molecular weight is 308 g/mol. The number of fused-ring (bicyclic) bond motifs is 1. The van der Waals surface area contributed by atoms with Crippen LogP contribution in [0.15, 0.2) is 0 Å². The van der Waals surface area contributed by atoms with E-state index in [1.807, 2.05) is 19.0 Å². The number of hydrogen-bond acceptors (Lipinski definition) is 5. The van der Waals surface area contributed by atoms with Crippen LogP contribution in [0, 0.1) is 6.92 Å². The number of aromatic carboxylic acids is 1. The molecule has 22 heavy (non-hydrogen) atoms. The number of hydrogen-bond donors (Lipinski definition) is 3. The molecule has 0 aliphatic rings. The van der Waals surface area contributed by atoms with E-state index >= 15 is 0 Å². The fraction of sp³-hybridized carbons (Fsp3) is 0.400. The lowest BCUT2D eigenvalue weighted by Crippen LogP contribution is -2.12. The first-order valence-electron chi connectivity index (χ1n) is 6.69. The molecule has 3 N–H and O–H groups in total. The first-order chi connectivity index (χ1) is 10.3. The smallest absolute Gasteiger partial charge is 0.338 e. The molecule has 1 aromatic heterocycles. The molecule has 1 heterocycles. The second kappa shape index (κ2) is 5.76. The number of carbonyl (C=O) groups is 1. The molecule has 7 nitrogen and oxygen atoms in total. The topological polar surface area (TPSA) is 95.0 Å². The number of ether oxygens (including phenoxy) is 2. The van der Waals surface area contributed by atoms with Gasteiger partial charge in [-0.15, -0.1) is 0 Å². The van der Waals surface area contributed by atoms with Crippen LogP contribution in [-0.2, 0) is 6.54 Å². The number of nitrogens with one attached hydrogen (secondary N) is 1. The van der Waals surface area contributed by atoms with Crippen molar-refractivity contribution in [1.29, 1.82) is 0 Å². The van der Waals surface area contributed by atoms with Gasteiger partial charge in [-0.05, 0) is 21.0 Å². The summed E-state index contributed by atoms with van der Waals surface area (Å²) in [4.78, 5) is 16.5. The molecular formula is C15H20N2O5. The van der Waals surface area contributed by atoms with Gasteiger partial charge in [0.15, 0.2) is 11.5 Å². The molecule has 0 saturated carbocycles. The number of aromatic amines is 1. The summed E-state index contributed by atoms with van der Waals surface area (Å²) >= 11 is 0. The van der Waals surface area contributed by atoms with Crippen molar-refractivity contribution in [2.24, 2.45) is 0 Å². The van der Waals surface area contributed by atoms with Crippen molar-refractivity contribution in [1.82, 2.24) is 9.88 Å². The highest BCUT2D eigenvalue weighted by Gasteiger charge is 2.27. The van der Waals surface area contributed by atoms with Crippen LogP contribution in [0.4, 0.5) is 0 Å². The largest absolute Gasteiger partial charge is 0.504 e. The lowest BCUT2D eigenvalue weighted by Gasteiger charge is -2.18. The molecule has 0 saturated heterocycles. The van der Waals surface area contributed by atoms with Crippen LogP contribution in [0.5, 0.6) is 17.2 Å². The van der Waals surface area contributed by atoms with Gasteiger partial charge in [-0.1, -0.05) is 0 Å². The third-order valence-electron chi connectivity index (χ3n) is 3.52. The van der Waals surface area contributed by atoms with E-state index in [1.54, 1.807) is 6.92 Å². The van der Waals surface area contributed by atoms with E-state index in [1.165, 1.54) is 14.2 Å². The quantitative estimate of drug-likeness (QED) is 0.781. The molecular weight excluding hydrogens is 288 g/mol. The van der Waals surface area contributed by atoms with Gasteiger partial charge in [-0.2, -0.15) is 0 Å². The molecule has 0 fully saturated rings. The number of aromatic hydroxyl groups is 1. The number of phenolic OH excluding ortho intramolecular Hbond substituents is 1. The molecule has 0 unspecified atom stereocenters. The average Bonchev–Trinajstić information content (AvgIpc) is 2.77. The van der Waals surface area contributed by atoms with Gasteiger partial charge < -0.3 is 29.6 Å². The number of H-pyrrole nitrogens is 1. The first kappa shape index (κ1) is 16.0. The highest BCUT2D eigenvalue weighted by atomic mass is 16.5. The number of carboxylic acid groups (broad SMARTS) is 1. The zero-order valence-corrected chi connectivity index (χ0v) is 13.3. The molecule has 0 spiro atoms. The summed E-state index contributed by atoms with van der Waals surface area (Å²) in [5.41, 5.74) is 1.61. The van der Waals surface area contributed by atoms with E-state index in [0.29, 0.717) is 28.7 Å². The molecule has 0 aliphatic heterocycles. The number of phenols is 1. The van der Waals surface area contributed by atoms with Crippen LogP contribution in [0.3, 0.4) is 0 Å². The fourth-order valence-corrected chi connectivity index (χ4v) is 2.70. The Bertz CT molecular complexity index is 734. The molecule has 2 aromatic rings. The molecule has 1 aromatic carbocycles. The minimum Gasteiger partial charge on any atom is -0.504 e. The summed E-state index contributed by atoms with van der Waals surface area (Å²) in [6.45, 7) is 2.03. The van der Waals surface area contributed by atoms with Crippen molar-refractivity contribution in [2.75, 3.05) is 28.3 Å². The molecule has 7 heteroatoms. The number of carboxylic acids is 1. The predicted octanol–water partition coefficient (Wildman–Crippen LogP) is 1.96. The van der Waals surface area contributed by atoms with Crippen molar-refractivity contribution in [2.45, 2.75) is 13.5 Å². The van der Waals surface area contributed by atoms with Gasteiger partial charge in [0.2, 0.25) is 5.75 Å². The highest BCUT2D eigenvalue weighted by molar-refractivity contribution is 6.09. The monoisotopic (exact) mass is 308 g/mol. The van der Waals surface area contributed by atoms with E-state index in [0.717, 1.165) is 0 Å². The van der Waals surface area contributed by atoms with Crippen LogP contribution in [0.1, 0.15) is 21.6 Å². The number of methoxy groups -OCH3 is 2. The fourth-order valence-electron chi connectivity index (χ4n) is 2.70. The third kappa shape index (κ3) is 2.33. The molecule has 120 valence electrons. The Morgan fingerprint density at radius 1 is 1.23 bits per heavy atom. The normalized spacial score (nSPS) is 11.2. The Morgan fingerprint density at radius 3 is 2.27 bits per heavy atom. The van der Waals surface area contributed by atoms with Gasteiger partial charge in [-0.3, -0.25) is 0 Å². The number of nitrogens with zero attached hydrogens (tertiary/aromatic N) is 1. The van der Waals surface area contributed by atoms with Crippen LogP contribution >= 0.6 is 0 Å². The van der Waals surface area contributed by atoms with Crippen LogP contribution in [-0.4, -0.2) is 54.4 Å². The Morgan fingerprint density at radius 2 is 1.82 bits per heavy atom. The maximum Gasteiger partial charge on any atom is 0.338 e. The summed E-state index contributed by atoms with van der Waals surface area (Å²) in [6.07, 6.45) is 0. The van der Waals surface area contributed by atoms with Gasteiger partial charge in [-0.25, -0.2) is 4.79 Å². The van der Waals surface area contributed by atoms with Crippen molar-refractivity contribution in [3.8, 4) is 17.2 Å². The minimum absolute atomic E-state index is 0.109. The molecule has 0 atom stereocenters. The minimum atomic E-state index is -1.06. The number of rotatable bonds is 5. The predicted molar refractivity (Wildman–Crippen MR) is 82.2 cm³/mol. The standard InChI is InChI=1S/C15H20N2O5/c1-7-9(15(19)20)10-8(6-17(2)3)12(18)14(22-5)13(21-4)11(10)16-7/h16,18H,6H2,1-5H3,(H,19,20). The van der Waals surface area contributed by atoms with Crippen LogP contribution in [0.2, 0.25) is 0 Å². The van der Waals surface area contributed by atoms with E-state index in [2.05, 4.69) is 4.98 Å². The lowest BCUT2D eigenvalue weighted by molar-refractivity contribution is 0.0698. The molecule has 2 rings (SSSR count). The first-order valence-corrected chi connectivity index (χ1v) is 6.69. The van der Waals surface area contributed by atoms with Crippen molar-refractivity contribution >= 4 is 16.9 Å². The SMILES string of the molecule is COc1c(O)c(CN(C)C)c2c(C(=O)O)c(C)[nH]c2c1OC. The van der Waals surface area contributed by atoms with Crippen LogP contribution in [0.25, 0.3) is 10.9 Å². The van der Waals surface area contributed by atoms with E-state index < -0.39 is 5.97 Å². The summed E-state index contributed by atoms with van der Waals surface area (Å²) in [6, 6.07) is 0. The second-order valence-electron chi connectivity index (χ2n) is 5.31. The highest BCUT2D eigenvalue weighted by Crippen LogP contribution is 2.47. The Balaban J connectivity index is 3.00. The molecule has 0 amide bonds. The van der Waals surface area contributed by atoms with E-state index in [4.69, 9.17) is 9.47 Å². The van der Waals surface area contributed by atoms with E-state index in [9.17, 15) is 15.0 Å². The maximum atomic E-state index is 11.6. The van der Waals surface area contributed by atoms with E-state index in [-0.39, 0.29) is 22.8 Å². The Kier molecular flexibility index (Phi) is 4.18. The zero-order chi connectivity index (χ0) is 16.6. The number of aromatic nitrogens is 1. The summed E-state index contributed by atoms with van der Waals surface area (Å²) < 4.78 is 10.6.